The molecular formula is C16H24ClFN2O3. The summed E-state index contributed by atoms with van der Waals surface area (Å²) in [5.74, 6) is -0.422. The summed E-state index contributed by atoms with van der Waals surface area (Å²) >= 11 is 0. The van der Waals surface area contributed by atoms with Crippen LogP contribution in [0.3, 0.4) is 0 Å². The minimum absolute atomic E-state index is 0. The van der Waals surface area contributed by atoms with Gasteiger partial charge >= 0.3 is 0 Å². The number of hydrogen-bond acceptors (Lipinski definition) is 4. The molecule has 1 heterocycles. The van der Waals surface area contributed by atoms with E-state index in [1.165, 1.54) is 12.1 Å². The molecule has 0 aliphatic carbocycles. The number of carbonyl (C=O) groups excluding carboxylic acids is 1. The lowest BCUT2D eigenvalue weighted by atomic mass is 10.1. The topological polar surface area (TPSA) is 50.8 Å². The smallest absolute Gasteiger partial charge is 0.254 e. The number of hydrogen-bond donors (Lipinski definition) is 1. The fourth-order valence-corrected chi connectivity index (χ4v) is 2.45. The van der Waals surface area contributed by atoms with E-state index in [-0.39, 0.29) is 36.8 Å². The summed E-state index contributed by atoms with van der Waals surface area (Å²) in [6, 6.07) is 4.58. The van der Waals surface area contributed by atoms with Crippen molar-refractivity contribution in [2.45, 2.75) is 19.6 Å². The number of carbonyl (C=O) groups is 1. The first-order chi connectivity index (χ1) is 10.6. The molecule has 0 radical (unpaired) electrons. The van der Waals surface area contributed by atoms with Crippen LogP contribution in [0, 0.1) is 5.82 Å². The molecule has 1 aliphatic rings. The van der Waals surface area contributed by atoms with Crippen LogP contribution in [0.5, 0.6) is 0 Å². The molecule has 1 aromatic carbocycles. The fraction of sp³-hybridized carbons (Fsp3) is 0.562. The number of rotatable bonds is 6. The summed E-state index contributed by atoms with van der Waals surface area (Å²) in [4.78, 5) is 14.4. The van der Waals surface area contributed by atoms with Crippen molar-refractivity contribution < 1.29 is 18.7 Å². The maximum absolute atomic E-state index is 13.8. The van der Waals surface area contributed by atoms with Crippen LogP contribution in [-0.4, -0.2) is 56.8 Å². The highest BCUT2D eigenvalue weighted by Crippen LogP contribution is 2.16. The van der Waals surface area contributed by atoms with Gasteiger partial charge in [0.15, 0.2) is 0 Å². The second-order valence-electron chi connectivity index (χ2n) is 5.40. The summed E-state index contributed by atoms with van der Waals surface area (Å²) < 4.78 is 24.0. The molecule has 23 heavy (non-hydrogen) atoms. The van der Waals surface area contributed by atoms with Crippen molar-refractivity contribution in [1.82, 2.24) is 10.2 Å². The van der Waals surface area contributed by atoms with E-state index in [4.69, 9.17) is 9.47 Å². The summed E-state index contributed by atoms with van der Waals surface area (Å²) in [6.07, 6.45) is 0. The van der Waals surface area contributed by atoms with E-state index in [1.807, 2.05) is 11.8 Å². The van der Waals surface area contributed by atoms with Gasteiger partial charge in [0.05, 0.1) is 19.8 Å². The number of methoxy groups -OCH3 is 1. The molecule has 5 nitrogen and oxygen atoms in total. The quantitative estimate of drug-likeness (QED) is 0.799. The zero-order valence-corrected chi connectivity index (χ0v) is 14.3. The number of nitrogens with zero attached hydrogens (tertiary/aromatic N) is 1. The van der Waals surface area contributed by atoms with Crippen LogP contribution in [-0.2, 0) is 16.1 Å². The molecule has 1 fully saturated rings. The van der Waals surface area contributed by atoms with Gasteiger partial charge in [-0.15, -0.1) is 12.4 Å². The van der Waals surface area contributed by atoms with E-state index in [0.717, 1.165) is 13.1 Å². The molecule has 1 saturated heterocycles. The highest BCUT2D eigenvalue weighted by molar-refractivity contribution is 5.94. The molecule has 0 spiro atoms. The third-order valence-electron chi connectivity index (χ3n) is 3.74. The summed E-state index contributed by atoms with van der Waals surface area (Å²) in [6.45, 7) is 5.21. The Bertz CT molecular complexity index is 516. The first kappa shape index (κ1) is 19.8. The molecule has 0 saturated carbocycles. The van der Waals surface area contributed by atoms with Crippen LogP contribution in [0.1, 0.15) is 22.8 Å². The van der Waals surface area contributed by atoms with Crippen molar-refractivity contribution >= 4 is 18.3 Å². The Labute approximate surface area is 142 Å². The Morgan fingerprint density at radius 2 is 2.22 bits per heavy atom. The van der Waals surface area contributed by atoms with Gasteiger partial charge in [0.1, 0.15) is 5.82 Å². The molecule has 1 atom stereocenters. The van der Waals surface area contributed by atoms with Crippen molar-refractivity contribution in [3.8, 4) is 0 Å². The number of halogens is 2. The lowest BCUT2D eigenvalue weighted by Crippen LogP contribution is -2.52. The molecule has 1 aliphatic heterocycles. The van der Waals surface area contributed by atoms with Gasteiger partial charge in [-0.3, -0.25) is 4.79 Å². The van der Waals surface area contributed by atoms with Gasteiger partial charge in [0, 0.05) is 43.9 Å². The molecular weight excluding hydrogens is 323 g/mol. The maximum Gasteiger partial charge on any atom is 0.254 e. The summed E-state index contributed by atoms with van der Waals surface area (Å²) in [5, 5.41) is 3.25. The second-order valence-corrected chi connectivity index (χ2v) is 5.40. The average molecular weight is 347 g/mol. The third kappa shape index (κ3) is 5.42. The van der Waals surface area contributed by atoms with Gasteiger partial charge < -0.3 is 19.7 Å². The van der Waals surface area contributed by atoms with E-state index >= 15 is 0 Å². The zero-order valence-electron chi connectivity index (χ0n) is 13.5. The van der Waals surface area contributed by atoms with Crippen LogP contribution in [0.4, 0.5) is 4.39 Å². The van der Waals surface area contributed by atoms with E-state index in [2.05, 4.69) is 5.32 Å². The molecule has 7 heteroatoms. The number of amides is 1. The molecule has 1 amide bonds. The fourth-order valence-electron chi connectivity index (χ4n) is 2.45. The predicted octanol–water partition coefficient (Wildman–Crippen LogP) is 1.84. The predicted molar refractivity (Wildman–Crippen MR) is 88.5 cm³/mol. The Hall–Kier alpha value is -1.21. The maximum atomic E-state index is 13.8. The standard InChI is InChI=1S/C16H23FN2O3.ClH/c1-12-10-18-5-6-19(12)16(20)13-3-4-15(17)14(9-13)11-22-8-7-21-2;/h3-4,9,12,18H,5-8,10-11H2,1-2H3;1H. The number of benzene rings is 1. The summed E-state index contributed by atoms with van der Waals surface area (Å²) in [7, 11) is 1.58. The van der Waals surface area contributed by atoms with Crippen molar-refractivity contribution in [1.29, 1.82) is 0 Å². The van der Waals surface area contributed by atoms with Gasteiger partial charge in [0.25, 0.3) is 5.91 Å². The van der Waals surface area contributed by atoms with Crippen LogP contribution in [0.15, 0.2) is 18.2 Å². The lowest BCUT2D eigenvalue weighted by molar-refractivity contribution is 0.0600. The van der Waals surface area contributed by atoms with E-state index in [9.17, 15) is 9.18 Å². The zero-order chi connectivity index (χ0) is 15.9. The number of piperazine rings is 1. The normalized spacial score (nSPS) is 17.7. The average Bonchev–Trinajstić information content (AvgIpc) is 2.53. The van der Waals surface area contributed by atoms with Crippen LogP contribution in [0.2, 0.25) is 0 Å². The van der Waals surface area contributed by atoms with Crippen LogP contribution >= 0.6 is 12.4 Å². The molecule has 130 valence electrons. The Kier molecular flexibility index (Phi) is 8.47. The highest BCUT2D eigenvalue weighted by Gasteiger charge is 2.24. The Balaban J connectivity index is 0.00000264. The van der Waals surface area contributed by atoms with Gasteiger partial charge in [0.2, 0.25) is 0 Å². The lowest BCUT2D eigenvalue weighted by Gasteiger charge is -2.34. The van der Waals surface area contributed by atoms with E-state index in [0.29, 0.717) is 30.9 Å². The molecule has 1 N–H and O–H groups in total. The summed E-state index contributed by atoms with van der Waals surface area (Å²) in [5.41, 5.74) is 0.894. The molecule has 1 unspecified atom stereocenters. The first-order valence-electron chi connectivity index (χ1n) is 7.50. The SMILES string of the molecule is COCCOCc1cc(C(=O)N2CCNCC2C)ccc1F.Cl. The largest absolute Gasteiger partial charge is 0.382 e. The number of ether oxygens (including phenoxy) is 2. The van der Waals surface area contributed by atoms with Crippen LogP contribution in [0.25, 0.3) is 0 Å². The van der Waals surface area contributed by atoms with Crippen molar-refractivity contribution in [3.63, 3.8) is 0 Å². The monoisotopic (exact) mass is 346 g/mol. The van der Waals surface area contributed by atoms with E-state index in [1.54, 1.807) is 13.2 Å². The van der Waals surface area contributed by atoms with Crippen molar-refractivity contribution in [3.05, 3.63) is 35.1 Å². The van der Waals surface area contributed by atoms with Gasteiger partial charge in [-0.05, 0) is 25.1 Å². The molecule has 0 aromatic heterocycles. The van der Waals surface area contributed by atoms with Crippen molar-refractivity contribution in [2.75, 3.05) is 40.0 Å². The molecule has 2 rings (SSSR count). The molecule has 0 bridgehead atoms. The number of nitrogens with one attached hydrogen (secondary N) is 1. The minimum Gasteiger partial charge on any atom is -0.382 e. The first-order valence-corrected chi connectivity index (χ1v) is 7.50. The van der Waals surface area contributed by atoms with Gasteiger partial charge in [-0.25, -0.2) is 4.39 Å². The Morgan fingerprint density at radius 3 is 2.91 bits per heavy atom. The third-order valence-corrected chi connectivity index (χ3v) is 3.74. The van der Waals surface area contributed by atoms with Crippen molar-refractivity contribution in [2.24, 2.45) is 0 Å². The van der Waals surface area contributed by atoms with Gasteiger partial charge in [-0.2, -0.15) is 0 Å². The highest BCUT2D eigenvalue weighted by atomic mass is 35.5. The Morgan fingerprint density at radius 1 is 1.43 bits per heavy atom. The van der Waals surface area contributed by atoms with Gasteiger partial charge in [-0.1, -0.05) is 0 Å². The second kappa shape index (κ2) is 9.82. The minimum atomic E-state index is -0.359. The van der Waals surface area contributed by atoms with Crippen LogP contribution < -0.4 is 5.32 Å². The van der Waals surface area contributed by atoms with E-state index < -0.39 is 0 Å². The molecule has 1 aromatic rings.